The van der Waals surface area contributed by atoms with Gasteiger partial charge in [0.1, 0.15) is 0 Å². The van der Waals surface area contributed by atoms with Crippen LogP contribution in [0.3, 0.4) is 0 Å². The molecule has 0 saturated carbocycles. The molecule has 3 heteroatoms. The van der Waals surface area contributed by atoms with Gasteiger partial charge in [-0.15, -0.1) is 35.9 Å². The fraction of sp³-hybridized carbons (Fsp3) is 0.500. The molecule has 0 spiro atoms. The van der Waals surface area contributed by atoms with E-state index in [1.807, 2.05) is 48.5 Å². The summed E-state index contributed by atoms with van der Waals surface area (Å²) in [6.45, 7) is 21.6. The van der Waals surface area contributed by atoms with Gasteiger partial charge in [-0.25, -0.2) is 0 Å². The van der Waals surface area contributed by atoms with Crippen molar-refractivity contribution >= 4 is 13.6 Å². The molecule has 0 saturated heterocycles. The minimum Gasteiger partial charge on any atom is -0.406 e. The van der Waals surface area contributed by atoms with Crippen molar-refractivity contribution in [1.29, 1.82) is 0 Å². The maximum absolute atomic E-state index is 5.83. The van der Waals surface area contributed by atoms with Crippen LogP contribution in [0.25, 0.3) is 11.1 Å². The third kappa shape index (κ3) is 8.48. The Morgan fingerprint density at radius 2 is 1.15 bits per heavy atom. The van der Waals surface area contributed by atoms with Gasteiger partial charge in [0, 0.05) is 28.3 Å². The number of hydrogen-bond donors (Lipinski definition) is 1. The zero-order chi connectivity index (χ0) is 20.2. The number of hydrogen-bond acceptors (Lipinski definition) is 1. The molecule has 0 amide bonds. The second-order valence-corrected chi connectivity index (χ2v) is 15.2. The molecule has 27 heavy (non-hydrogen) atoms. The number of nitrogens with two attached hydrogens (primary N) is 1. The molecule has 0 fully saturated rings. The van der Waals surface area contributed by atoms with Crippen LogP contribution >= 0.6 is 7.92 Å². The van der Waals surface area contributed by atoms with Crippen LogP contribution in [0.5, 0.6) is 0 Å². The molecule has 0 aliphatic rings. The molecule has 0 bridgehead atoms. The van der Waals surface area contributed by atoms with Gasteiger partial charge < -0.3 is 5.73 Å². The zero-order valence-corrected chi connectivity index (χ0v) is 21.1. The van der Waals surface area contributed by atoms with Gasteiger partial charge in [-0.1, -0.05) is 23.8 Å². The SMILES string of the molecule is CC(C)(C)[PH+](C(C)(C)C)C(C)(C)C.Nc1ccccc1-c1[c-]cccc1.[Pd]. The third-order valence-electron chi connectivity index (χ3n) is 4.21. The molecule has 2 aromatic rings. The van der Waals surface area contributed by atoms with Crippen LogP contribution in [0.15, 0.2) is 48.5 Å². The Kier molecular flexibility index (Phi) is 9.95. The summed E-state index contributed by atoms with van der Waals surface area (Å²) in [6.07, 6.45) is 0. The molecule has 0 radical (unpaired) electrons. The molecule has 2 rings (SSSR count). The molecular weight excluding hydrogens is 440 g/mol. The van der Waals surface area contributed by atoms with Crippen molar-refractivity contribution in [3.8, 4) is 11.1 Å². The summed E-state index contributed by atoms with van der Waals surface area (Å²) < 4.78 is 0. The summed E-state index contributed by atoms with van der Waals surface area (Å²) in [5.74, 6) is 0. The maximum Gasteiger partial charge on any atom is 0.0703 e. The Balaban J connectivity index is 0.000000483. The molecule has 0 unspecified atom stereocenters. The van der Waals surface area contributed by atoms with Gasteiger partial charge in [-0.05, 0) is 74.1 Å². The van der Waals surface area contributed by atoms with Crippen molar-refractivity contribution in [2.24, 2.45) is 0 Å². The smallest absolute Gasteiger partial charge is 0.0703 e. The quantitative estimate of drug-likeness (QED) is 0.198. The molecule has 0 heterocycles. The predicted octanol–water partition coefficient (Wildman–Crippen LogP) is 7.33. The summed E-state index contributed by atoms with van der Waals surface area (Å²) in [6, 6.07) is 18.8. The van der Waals surface area contributed by atoms with Gasteiger partial charge in [0.2, 0.25) is 0 Å². The van der Waals surface area contributed by atoms with Crippen LogP contribution in [-0.4, -0.2) is 15.5 Å². The number of nitrogen functional groups attached to an aromatic ring is 1. The van der Waals surface area contributed by atoms with Gasteiger partial charge in [0.05, 0.1) is 15.5 Å². The molecule has 2 aromatic carbocycles. The van der Waals surface area contributed by atoms with Gasteiger partial charge >= 0.3 is 0 Å². The first-order chi connectivity index (χ1) is 11.7. The summed E-state index contributed by atoms with van der Waals surface area (Å²) in [7, 11) is -0.391. The normalized spacial score (nSPS) is 12.1. The predicted molar refractivity (Wildman–Crippen MR) is 123 cm³/mol. The van der Waals surface area contributed by atoms with Gasteiger partial charge in [0.25, 0.3) is 0 Å². The summed E-state index contributed by atoms with van der Waals surface area (Å²) in [5.41, 5.74) is 8.72. The van der Waals surface area contributed by atoms with E-state index in [1.54, 1.807) is 0 Å². The van der Waals surface area contributed by atoms with Crippen LogP contribution in [0.1, 0.15) is 62.3 Å². The van der Waals surface area contributed by atoms with Gasteiger partial charge in [0.15, 0.2) is 0 Å². The van der Waals surface area contributed by atoms with Gasteiger partial charge in [-0.3, -0.25) is 0 Å². The summed E-state index contributed by atoms with van der Waals surface area (Å²) in [5, 5.41) is 1.46. The largest absolute Gasteiger partial charge is 0.406 e. The summed E-state index contributed by atoms with van der Waals surface area (Å²) >= 11 is 0. The Labute approximate surface area is 182 Å². The van der Waals surface area contributed by atoms with E-state index < -0.39 is 7.92 Å². The first-order valence-corrected chi connectivity index (χ1v) is 10.9. The second-order valence-electron chi connectivity index (χ2n) is 9.99. The first-order valence-electron chi connectivity index (χ1n) is 9.44. The number of para-hydroxylation sites is 1. The Bertz CT molecular complexity index is 643. The molecule has 0 aliphatic carbocycles. The minimum absolute atomic E-state index is 0. The second kappa shape index (κ2) is 10.2. The molecule has 0 aromatic heterocycles. The zero-order valence-electron chi connectivity index (χ0n) is 18.5. The monoisotopic (exact) mass is 477 g/mol. The van der Waals surface area contributed by atoms with E-state index in [4.69, 9.17) is 5.73 Å². The minimum atomic E-state index is -0.391. The van der Waals surface area contributed by atoms with E-state index in [2.05, 4.69) is 68.4 Å². The van der Waals surface area contributed by atoms with Crippen molar-refractivity contribution < 1.29 is 20.4 Å². The molecular formula is C24H38NPPd. The first kappa shape index (κ1) is 26.3. The van der Waals surface area contributed by atoms with E-state index in [0.29, 0.717) is 15.5 Å². The van der Waals surface area contributed by atoms with Crippen molar-refractivity contribution in [2.75, 3.05) is 5.73 Å². The van der Waals surface area contributed by atoms with E-state index in [0.717, 1.165) is 16.8 Å². The molecule has 154 valence electrons. The standard InChI is InChI=1S/C12H10N.C12H27P.Pd/c13-12-9-5-4-8-11(12)10-6-2-1-3-7-10;1-10(2,3)13(11(4,5)6)12(7,8)9;/h1-6,8-9H,13H2;1-9H3;/q-1;;/p+1. The average molecular weight is 478 g/mol. The van der Waals surface area contributed by atoms with Gasteiger partial charge in [-0.2, -0.15) is 0 Å². The van der Waals surface area contributed by atoms with Crippen molar-refractivity contribution in [3.05, 3.63) is 54.6 Å². The van der Waals surface area contributed by atoms with E-state index in [1.165, 1.54) is 0 Å². The number of rotatable bonds is 1. The Morgan fingerprint density at radius 3 is 1.48 bits per heavy atom. The Hall–Kier alpha value is -0.668. The average Bonchev–Trinajstić information content (AvgIpc) is 2.44. The molecule has 0 aliphatic heterocycles. The fourth-order valence-electron chi connectivity index (χ4n) is 4.68. The molecule has 2 N–H and O–H groups in total. The topological polar surface area (TPSA) is 26.0 Å². The maximum atomic E-state index is 5.83. The Morgan fingerprint density at radius 1 is 0.704 bits per heavy atom. The van der Waals surface area contributed by atoms with Crippen LogP contribution in [-0.2, 0) is 20.4 Å². The van der Waals surface area contributed by atoms with Crippen LogP contribution in [0, 0.1) is 6.07 Å². The molecule has 0 atom stereocenters. The van der Waals surface area contributed by atoms with E-state index in [9.17, 15) is 0 Å². The van der Waals surface area contributed by atoms with Crippen LogP contribution < -0.4 is 5.73 Å². The molecule has 1 nitrogen and oxygen atoms in total. The van der Waals surface area contributed by atoms with Crippen molar-refractivity contribution in [2.45, 2.75) is 77.8 Å². The van der Waals surface area contributed by atoms with Crippen LogP contribution in [0.4, 0.5) is 5.69 Å². The fourth-order valence-corrected chi connectivity index (χ4v) is 11.4. The van der Waals surface area contributed by atoms with E-state index >= 15 is 0 Å². The van der Waals surface area contributed by atoms with Crippen molar-refractivity contribution in [1.82, 2.24) is 0 Å². The van der Waals surface area contributed by atoms with Crippen molar-refractivity contribution in [3.63, 3.8) is 0 Å². The number of benzene rings is 2. The summed E-state index contributed by atoms with van der Waals surface area (Å²) in [4.78, 5) is 0. The number of anilines is 1. The third-order valence-corrected chi connectivity index (χ3v) is 8.71. The van der Waals surface area contributed by atoms with Crippen LogP contribution in [0.2, 0.25) is 0 Å². The van der Waals surface area contributed by atoms with E-state index in [-0.39, 0.29) is 20.4 Å².